The number of benzene rings is 1. The summed E-state index contributed by atoms with van der Waals surface area (Å²) in [6, 6.07) is 6.42. The molecule has 6 heteroatoms. The molecule has 2 N–H and O–H groups in total. The highest BCUT2D eigenvalue weighted by atomic mass is 32.2. The summed E-state index contributed by atoms with van der Waals surface area (Å²) in [6.07, 6.45) is 3.18. The predicted octanol–water partition coefficient (Wildman–Crippen LogP) is 2.49. The summed E-state index contributed by atoms with van der Waals surface area (Å²) < 4.78 is 0. The van der Waals surface area contributed by atoms with E-state index in [-0.39, 0.29) is 6.03 Å². The van der Waals surface area contributed by atoms with Crippen molar-refractivity contribution in [1.29, 1.82) is 0 Å². The lowest BCUT2D eigenvalue weighted by Gasteiger charge is -2.22. The van der Waals surface area contributed by atoms with Gasteiger partial charge < -0.3 is 15.3 Å². The number of nitrogens with zero attached hydrogens (tertiary/aromatic N) is 1. The van der Waals surface area contributed by atoms with Crippen molar-refractivity contribution in [3.63, 3.8) is 0 Å². The normalized spacial score (nSPS) is 18.4. The molecule has 1 fully saturated rings. The maximum atomic E-state index is 12.1. The molecule has 1 saturated heterocycles. The fourth-order valence-corrected chi connectivity index (χ4v) is 2.76. The molecule has 1 aromatic carbocycles. The summed E-state index contributed by atoms with van der Waals surface area (Å²) in [5.41, 5.74) is 0.719. The number of likely N-dealkylation sites (tertiary alicyclic amines) is 1. The standard InChI is InChI=1S/C13H16N2O3S/c1-19-11-7-3-2-5-9(11)14-13(18)15-8-4-6-10(15)12(16)17/h2-3,5,7,10H,4,6,8H2,1H3,(H,14,18)(H,16,17)/t10-/m1/s1. The Morgan fingerprint density at radius 1 is 1.42 bits per heavy atom. The number of amides is 2. The molecule has 5 nitrogen and oxygen atoms in total. The Labute approximate surface area is 116 Å². The molecule has 1 atom stereocenters. The Hall–Kier alpha value is -1.69. The van der Waals surface area contributed by atoms with Crippen LogP contribution < -0.4 is 5.32 Å². The monoisotopic (exact) mass is 280 g/mol. The first-order chi connectivity index (χ1) is 9.13. The average molecular weight is 280 g/mol. The molecule has 0 aromatic heterocycles. The Balaban J connectivity index is 2.10. The van der Waals surface area contributed by atoms with Crippen molar-refractivity contribution >= 4 is 29.4 Å². The van der Waals surface area contributed by atoms with Crippen LogP contribution in [0.4, 0.5) is 10.5 Å². The van der Waals surface area contributed by atoms with Crippen LogP contribution in [0, 0.1) is 0 Å². The molecular formula is C13H16N2O3S. The largest absolute Gasteiger partial charge is 0.480 e. The van der Waals surface area contributed by atoms with Gasteiger partial charge in [-0.1, -0.05) is 12.1 Å². The maximum Gasteiger partial charge on any atom is 0.326 e. The molecule has 2 rings (SSSR count). The van der Waals surface area contributed by atoms with E-state index in [4.69, 9.17) is 5.11 Å². The van der Waals surface area contributed by atoms with E-state index in [0.717, 1.165) is 17.0 Å². The molecule has 1 aliphatic heterocycles. The number of anilines is 1. The first kappa shape index (κ1) is 13.7. The highest BCUT2D eigenvalue weighted by molar-refractivity contribution is 7.98. The minimum atomic E-state index is -0.939. The van der Waals surface area contributed by atoms with E-state index in [9.17, 15) is 9.59 Å². The molecule has 0 radical (unpaired) electrons. The molecule has 0 spiro atoms. The topological polar surface area (TPSA) is 69.6 Å². The average Bonchev–Trinajstić information content (AvgIpc) is 2.88. The van der Waals surface area contributed by atoms with Gasteiger partial charge in [-0.15, -0.1) is 11.8 Å². The first-order valence-corrected chi connectivity index (χ1v) is 7.29. The molecule has 0 saturated carbocycles. The van der Waals surface area contributed by atoms with Gasteiger partial charge in [-0.3, -0.25) is 0 Å². The summed E-state index contributed by atoms with van der Waals surface area (Å²) in [4.78, 5) is 25.6. The molecule has 1 heterocycles. The van der Waals surface area contributed by atoms with Crippen LogP contribution in [0.1, 0.15) is 12.8 Å². The van der Waals surface area contributed by atoms with E-state index < -0.39 is 12.0 Å². The van der Waals surface area contributed by atoms with Crippen LogP contribution in [-0.4, -0.2) is 40.8 Å². The van der Waals surface area contributed by atoms with Gasteiger partial charge >= 0.3 is 12.0 Å². The molecule has 2 amide bonds. The number of carboxylic acid groups (broad SMARTS) is 1. The number of para-hydroxylation sites is 1. The molecule has 1 aromatic rings. The van der Waals surface area contributed by atoms with E-state index in [2.05, 4.69) is 5.32 Å². The molecule has 19 heavy (non-hydrogen) atoms. The van der Waals surface area contributed by atoms with Gasteiger partial charge in [0, 0.05) is 11.4 Å². The van der Waals surface area contributed by atoms with Gasteiger partial charge in [0.25, 0.3) is 0 Å². The minimum Gasteiger partial charge on any atom is -0.480 e. The fraction of sp³-hybridized carbons (Fsp3) is 0.385. The third kappa shape index (κ3) is 3.01. The van der Waals surface area contributed by atoms with Gasteiger partial charge in [-0.05, 0) is 31.2 Å². The van der Waals surface area contributed by atoms with E-state index in [1.165, 1.54) is 16.7 Å². The number of thioether (sulfide) groups is 1. The second-order valence-electron chi connectivity index (χ2n) is 4.32. The Morgan fingerprint density at radius 2 is 2.16 bits per heavy atom. The Kier molecular flexibility index (Phi) is 4.31. The van der Waals surface area contributed by atoms with Crippen LogP contribution in [0.3, 0.4) is 0 Å². The highest BCUT2D eigenvalue weighted by Gasteiger charge is 2.34. The Bertz CT molecular complexity index is 493. The van der Waals surface area contributed by atoms with Gasteiger partial charge in [-0.25, -0.2) is 9.59 Å². The summed E-state index contributed by atoms with van der Waals surface area (Å²) in [7, 11) is 0. The van der Waals surface area contributed by atoms with E-state index >= 15 is 0 Å². The van der Waals surface area contributed by atoms with Crippen LogP contribution >= 0.6 is 11.8 Å². The van der Waals surface area contributed by atoms with Crippen molar-refractivity contribution in [2.45, 2.75) is 23.8 Å². The second-order valence-corrected chi connectivity index (χ2v) is 5.17. The van der Waals surface area contributed by atoms with Crippen molar-refractivity contribution < 1.29 is 14.7 Å². The fourth-order valence-electron chi connectivity index (χ4n) is 2.20. The number of hydrogen-bond acceptors (Lipinski definition) is 3. The van der Waals surface area contributed by atoms with Gasteiger partial charge in [0.15, 0.2) is 0 Å². The third-order valence-corrected chi connectivity index (χ3v) is 3.94. The molecule has 0 bridgehead atoms. The zero-order valence-corrected chi connectivity index (χ0v) is 11.4. The lowest BCUT2D eigenvalue weighted by molar-refractivity contribution is -0.141. The van der Waals surface area contributed by atoms with Crippen molar-refractivity contribution in [3.8, 4) is 0 Å². The van der Waals surface area contributed by atoms with Gasteiger partial charge in [0.1, 0.15) is 6.04 Å². The number of rotatable bonds is 3. The lowest BCUT2D eigenvalue weighted by Crippen LogP contribution is -2.42. The van der Waals surface area contributed by atoms with Crippen molar-refractivity contribution in [2.24, 2.45) is 0 Å². The third-order valence-electron chi connectivity index (χ3n) is 3.15. The smallest absolute Gasteiger partial charge is 0.326 e. The minimum absolute atomic E-state index is 0.341. The van der Waals surface area contributed by atoms with E-state index in [0.29, 0.717) is 13.0 Å². The maximum absolute atomic E-state index is 12.1. The number of carboxylic acids is 1. The van der Waals surface area contributed by atoms with Crippen LogP contribution in [0.25, 0.3) is 0 Å². The Morgan fingerprint density at radius 3 is 2.84 bits per heavy atom. The predicted molar refractivity (Wildman–Crippen MR) is 74.6 cm³/mol. The lowest BCUT2D eigenvalue weighted by atomic mass is 10.2. The van der Waals surface area contributed by atoms with Crippen molar-refractivity contribution in [2.75, 3.05) is 18.1 Å². The van der Waals surface area contributed by atoms with Crippen LogP contribution in [0.5, 0.6) is 0 Å². The number of carbonyl (C=O) groups is 2. The number of hydrogen-bond donors (Lipinski definition) is 2. The number of carbonyl (C=O) groups excluding carboxylic acids is 1. The van der Waals surface area contributed by atoms with Gasteiger partial charge in [0.2, 0.25) is 0 Å². The SMILES string of the molecule is CSc1ccccc1NC(=O)N1CCC[C@@H]1C(=O)O. The van der Waals surface area contributed by atoms with E-state index in [1.807, 2.05) is 30.5 Å². The molecule has 0 unspecified atom stereocenters. The van der Waals surface area contributed by atoms with Crippen molar-refractivity contribution in [1.82, 2.24) is 4.90 Å². The summed E-state index contributed by atoms with van der Waals surface area (Å²) in [6.45, 7) is 0.490. The first-order valence-electron chi connectivity index (χ1n) is 6.07. The number of nitrogens with one attached hydrogen (secondary N) is 1. The quantitative estimate of drug-likeness (QED) is 0.835. The van der Waals surface area contributed by atoms with Crippen LogP contribution in [0.2, 0.25) is 0 Å². The molecular weight excluding hydrogens is 264 g/mol. The second kappa shape index (κ2) is 5.97. The van der Waals surface area contributed by atoms with Crippen LogP contribution in [-0.2, 0) is 4.79 Å². The number of aliphatic carboxylic acids is 1. The van der Waals surface area contributed by atoms with E-state index in [1.54, 1.807) is 0 Å². The van der Waals surface area contributed by atoms with Crippen molar-refractivity contribution in [3.05, 3.63) is 24.3 Å². The summed E-state index contributed by atoms with van der Waals surface area (Å²) in [5, 5.41) is 11.9. The molecule has 0 aliphatic carbocycles. The number of urea groups is 1. The zero-order chi connectivity index (χ0) is 13.8. The van der Waals surface area contributed by atoms with Crippen LogP contribution in [0.15, 0.2) is 29.2 Å². The summed E-state index contributed by atoms with van der Waals surface area (Å²) >= 11 is 1.54. The zero-order valence-electron chi connectivity index (χ0n) is 10.6. The molecule has 102 valence electrons. The van der Waals surface area contributed by atoms with Gasteiger partial charge in [-0.2, -0.15) is 0 Å². The molecule has 1 aliphatic rings. The van der Waals surface area contributed by atoms with Gasteiger partial charge in [0.05, 0.1) is 5.69 Å². The summed E-state index contributed by atoms with van der Waals surface area (Å²) in [5.74, 6) is -0.939. The highest BCUT2D eigenvalue weighted by Crippen LogP contribution is 2.26.